The number of halogens is 1. The number of benzene rings is 1. The van der Waals surface area contributed by atoms with Crippen LogP contribution in [-0.2, 0) is 23.0 Å². The summed E-state index contributed by atoms with van der Waals surface area (Å²) in [5.74, 6) is 0.465. The van der Waals surface area contributed by atoms with Crippen molar-refractivity contribution in [2.75, 3.05) is 20.8 Å². The van der Waals surface area contributed by atoms with Gasteiger partial charge in [0.05, 0.1) is 14.2 Å². The molecule has 3 rings (SSSR count). The van der Waals surface area contributed by atoms with Gasteiger partial charge in [-0.05, 0) is 12.3 Å². The van der Waals surface area contributed by atoms with E-state index in [2.05, 4.69) is 14.3 Å². The molecule has 1 aromatic carbocycles. The highest BCUT2D eigenvalue weighted by Crippen LogP contribution is 2.32. The number of fused-ring (bicyclic) bond motifs is 1. The number of nitrogens with one attached hydrogen (secondary N) is 1. The van der Waals surface area contributed by atoms with E-state index in [-0.39, 0.29) is 24.0 Å². The molecule has 0 aliphatic carbocycles. The van der Waals surface area contributed by atoms with Crippen LogP contribution in [0, 0.1) is 11.7 Å². The first-order valence-electron chi connectivity index (χ1n) is 7.86. The Labute approximate surface area is 145 Å². The molecule has 136 valence electrons. The average Bonchev–Trinajstić information content (AvgIpc) is 3.07. The minimum Gasteiger partial charge on any atom is -0.493 e. The zero-order chi connectivity index (χ0) is 18.0. The van der Waals surface area contributed by atoms with E-state index in [9.17, 15) is 12.8 Å². The lowest BCUT2D eigenvalue weighted by Crippen LogP contribution is -2.33. The van der Waals surface area contributed by atoms with Crippen molar-refractivity contribution >= 4 is 10.0 Å². The maximum absolute atomic E-state index is 14.2. The summed E-state index contributed by atoms with van der Waals surface area (Å²) in [5.41, 5.74) is 0. The van der Waals surface area contributed by atoms with Gasteiger partial charge >= 0.3 is 0 Å². The molecule has 1 aliphatic rings. The first-order chi connectivity index (χ1) is 11.9. The molecule has 0 unspecified atom stereocenters. The lowest BCUT2D eigenvalue weighted by atomic mass is 9.98. The van der Waals surface area contributed by atoms with Gasteiger partial charge in [0.15, 0.2) is 11.5 Å². The van der Waals surface area contributed by atoms with Gasteiger partial charge in [0.2, 0.25) is 10.0 Å². The molecule has 7 nitrogen and oxygen atoms in total. The van der Waals surface area contributed by atoms with Gasteiger partial charge in [0.1, 0.15) is 16.5 Å². The Balaban J connectivity index is 1.74. The van der Waals surface area contributed by atoms with Crippen LogP contribution >= 0.6 is 0 Å². The molecule has 2 heterocycles. The first kappa shape index (κ1) is 17.7. The van der Waals surface area contributed by atoms with E-state index in [4.69, 9.17) is 9.47 Å². The molecule has 0 saturated carbocycles. The summed E-state index contributed by atoms with van der Waals surface area (Å²) in [6.07, 6.45) is 5.17. The Morgan fingerprint density at radius 3 is 2.76 bits per heavy atom. The largest absolute Gasteiger partial charge is 0.493 e. The molecule has 1 N–H and O–H groups in total. The zero-order valence-electron chi connectivity index (χ0n) is 14.0. The Morgan fingerprint density at radius 1 is 1.32 bits per heavy atom. The van der Waals surface area contributed by atoms with Gasteiger partial charge in [-0.3, -0.25) is 0 Å². The van der Waals surface area contributed by atoms with Crippen LogP contribution in [0.2, 0.25) is 0 Å². The highest BCUT2D eigenvalue weighted by Gasteiger charge is 2.25. The molecule has 0 fully saturated rings. The van der Waals surface area contributed by atoms with E-state index in [0.29, 0.717) is 6.42 Å². The van der Waals surface area contributed by atoms with E-state index >= 15 is 0 Å². The van der Waals surface area contributed by atoms with E-state index < -0.39 is 20.7 Å². The van der Waals surface area contributed by atoms with Crippen LogP contribution < -0.4 is 14.2 Å². The fraction of sp³-hybridized carbons (Fsp3) is 0.438. The van der Waals surface area contributed by atoms with Gasteiger partial charge in [-0.1, -0.05) is 0 Å². The fourth-order valence-corrected chi connectivity index (χ4v) is 4.12. The zero-order valence-corrected chi connectivity index (χ0v) is 14.8. The second kappa shape index (κ2) is 7.01. The fourth-order valence-electron chi connectivity index (χ4n) is 2.94. The van der Waals surface area contributed by atoms with Crippen molar-refractivity contribution in [3.8, 4) is 11.5 Å². The van der Waals surface area contributed by atoms with Crippen molar-refractivity contribution in [1.29, 1.82) is 0 Å². The molecule has 1 aromatic heterocycles. The van der Waals surface area contributed by atoms with Crippen molar-refractivity contribution in [2.24, 2.45) is 5.92 Å². The van der Waals surface area contributed by atoms with Gasteiger partial charge in [-0.25, -0.2) is 22.5 Å². The van der Waals surface area contributed by atoms with Crippen LogP contribution in [0.3, 0.4) is 0 Å². The number of aromatic nitrogens is 2. The van der Waals surface area contributed by atoms with Crippen LogP contribution in [0.1, 0.15) is 12.2 Å². The Bertz CT molecular complexity index is 866. The third-order valence-electron chi connectivity index (χ3n) is 4.34. The Kier molecular flexibility index (Phi) is 4.96. The molecule has 1 atom stereocenters. The van der Waals surface area contributed by atoms with Crippen molar-refractivity contribution in [2.45, 2.75) is 24.3 Å². The first-order valence-corrected chi connectivity index (χ1v) is 9.34. The van der Waals surface area contributed by atoms with E-state index in [1.54, 1.807) is 6.20 Å². The monoisotopic (exact) mass is 369 g/mol. The molecule has 9 heteroatoms. The second-order valence-corrected chi connectivity index (χ2v) is 7.62. The second-order valence-electron chi connectivity index (χ2n) is 5.89. The highest BCUT2D eigenvalue weighted by molar-refractivity contribution is 7.89. The average molecular weight is 369 g/mol. The van der Waals surface area contributed by atoms with Gasteiger partial charge in [-0.15, -0.1) is 0 Å². The number of hydrogen-bond acceptors (Lipinski definition) is 5. The SMILES string of the molecule is COc1cc(F)c(S(=O)(=O)NC[C@H]2CCn3ccnc3C2)cc1OC. The number of hydrogen-bond donors (Lipinski definition) is 1. The maximum Gasteiger partial charge on any atom is 0.243 e. The molecule has 2 aromatic rings. The van der Waals surface area contributed by atoms with Gasteiger partial charge < -0.3 is 14.0 Å². The predicted molar refractivity (Wildman–Crippen MR) is 88.7 cm³/mol. The number of ether oxygens (including phenoxy) is 2. The van der Waals surface area contributed by atoms with Crippen molar-refractivity contribution < 1.29 is 22.3 Å². The molecular formula is C16H20FN3O4S. The molecule has 0 bridgehead atoms. The number of imidazole rings is 1. The molecule has 0 radical (unpaired) electrons. The minimum atomic E-state index is -4.00. The number of aryl methyl sites for hydroxylation is 1. The number of methoxy groups -OCH3 is 2. The van der Waals surface area contributed by atoms with E-state index in [1.807, 2.05) is 6.20 Å². The van der Waals surface area contributed by atoms with Crippen LogP contribution in [-0.4, -0.2) is 38.7 Å². The maximum atomic E-state index is 14.2. The third kappa shape index (κ3) is 3.62. The summed E-state index contributed by atoms with van der Waals surface area (Å²) in [6.45, 7) is 1.02. The molecule has 0 saturated heterocycles. The van der Waals surface area contributed by atoms with Crippen LogP contribution in [0.5, 0.6) is 11.5 Å². The van der Waals surface area contributed by atoms with Crippen molar-refractivity contribution in [1.82, 2.24) is 14.3 Å². The van der Waals surface area contributed by atoms with Crippen LogP contribution in [0.15, 0.2) is 29.4 Å². The van der Waals surface area contributed by atoms with Gasteiger partial charge in [0.25, 0.3) is 0 Å². The standard InChI is InChI=1S/C16H20FN3O4S/c1-23-13-8-12(17)15(9-14(13)24-2)25(21,22)19-10-11-3-5-20-6-4-18-16(20)7-11/h4,6,8-9,11,19H,3,5,7,10H2,1-2H3/t11-/m0/s1. The quantitative estimate of drug-likeness (QED) is 0.836. The molecule has 0 amide bonds. The Morgan fingerprint density at radius 2 is 2.04 bits per heavy atom. The normalized spacial score (nSPS) is 17.2. The summed E-state index contributed by atoms with van der Waals surface area (Å²) < 4.78 is 53.8. The topological polar surface area (TPSA) is 82.5 Å². The number of sulfonamides is 1. The molecule has 0 spiro atoms. The number of rotatable bonds is 6. The molecule has 1 aliphatic heterocycles. The van der Waals surface area contributed by atoms with E-state index in [1.165, 1.54) is 14.2 Å². The van der Waals surface area contributed by atoms with Crippen LogP contribution in [0.25, 0.3) is 0 Å². The summed E-state index contributed by atoms with van der Waals surface area (Å²) in [5, 5.41) is 0. The summed E-state index contributed by atoms with van der Waals surface area (Å²) in [6, 6.07) is 2.13. The number of nitrogens with zero attached hydrogens (tertiary/aromatic N) is 2. The summed E-state index contributed by atoms with van der Waals surface area (Å²) in [7, 11) is -1.28. The highest BCUT2D eigenvalue weighted by atomic mass is 32.2. The van der Waals surface area contributed by atoms with Gasteiger partial charge in [-0.2, -0.15) is 0 Å². The third-order valence-corrected chi connectivity index (χ3v) is 5.78. The molecular weight excluding hydrogens is 349 g/mol. The predicted octanol–water partition coefficient (Wildman–Crippen LogP) is 1.58. The lowest BCUT2D eigenvalue weighted by molar-refractivity contribution is 0.350. The minimum absolute atomic E-state index is 0.118. The summed E-state index contributed by atoms with van der Waals surface area (Å²) in [4.78, 5) is 3.80. The smallest absolute Gasteiger partial charge is 0.243 e. The Hall–Kier alpha value is -2.13. The van der Waals surface area contributed by atoms with E-state index in [0.717, 1.165) is 30.9 Å². The molecule has 25 heavy (non-hydrogen) atoms. The lowest BCUT2D eigenvalue weighted by Gasteiger charge is -2.23. The summed E-state index contributed by atoms with van der Waals surface area (Å²) >= 11 is 0. The van der Waals surface area contributed by atoms with Gasteiger partial charge in [0, 0.05) is 44.0 Å². The van der Waals surface area contributed by atoms with Crippen molar-refractivity contribution in [3.63, 3.8) is 0 Å². The van der Waals surface area contributed by atoms with Crippen molar-refractivity contribution in [3.05, 3.63) is 36.2 Å². The van der Waals surface area contributed by atoms with Crippen LogP contribution in [0.4, 0.5) is 4.39 Å².